The fourth-order valence-corrected chi connectivity index (χ4v) is 2.40. The van der Waals surface area contributed by atoms with E-state index < -0.39 is 0 Å². The van der Waals surface area contributed by atoms with Gasteiger partial charge in [0, 0.05) is 31.1 Å². The van der Waals surface area contributed by atoms with Crippen LogP contribution in [0.3, 0.4) is 0 Å². The molecule has 1 N–H and O–H groups in total. The first kappa shape index (κ1) is 14.0. The lowest BCUT2D eigenvalue weighted by Crippen LogP contribution is -2.38. The Labute approximate surface area is 108 Å². The number of hydrogen-bond donors (Lipinski definition) is 1. The second-order valence-electron chi connectivity index (χ2n) is 4.28. The second-order valence-corrected chi connectivity index (χ2v) is 4.28. The van der Waals surface area contributed by atoms with Crippen LogP contribution in [-0.2, 0) is 17.6 Å². The van der Waals surface area contributed by atoms with E-state index in [0.29, 0.717) is 5.91 Å². The van der Waals surface area contributed by atoms with Crippen LogP contribution in [0, 0.1) is 5.92 Å². The number of aryl methyl sites for hydroxylation is 1. The standard InChI is InChI=1S/C12H19N3O.ClH/c1-3-15(4-2)12(16)9-5-6-10-11(7-9)14-8-13-10;/h8-9H,3-7H2,1-2H3,(H,13,14);1H. The molecule has 0 aliphatic heterocycles. The average Bonchev–Trinajstić information content (AvgIpc) is 2.77. The molecule has 0 radical (unpaired) electrons. The number of carbonyl (C=O) groups is 1. The third-order valence-electron chi connectivity index (χ3n) is 3.41. The molecule has 0 aromatic carbocycles. The molecular formula is C12H20ClN3O. The van der Waals surface area contributed by atoms with Gasteiger partial charge in [-0.2, -0.15) is 0 Å². The van der Waals surface area contributed by atoms with Crippen molar-refractivity contribution in [3.63, 3.8) is 0 Å². The summed E-state index contributed by atoms with van der Waals surface area (Å²) in [5.74, 6) is 0.425. The molecule has 0 bridgehead atoms. The number of nitrogens with one attached hydrogen (secondary N) is 1. The molecule has 1 amide bonds. The highest BCUT2D eigenvalue weighted by Crippen LogP contribution is 2.24. The Kier molecular flexibility index (Phi) is 5.00. The van der Waals surface area contributed by atoms with E-state index in [4.69, 9.17) is 0 Å². The molecular weight excluding hydrogens is 238 g/mol. The van der Waals surface area contributed by atoms with Crippen LogP contribution < -0.4 is 0 Å². The first-order chi connectivity index (χ1) is 7.76. The van der Waals surface area contributed by atoms with Gasteiger partial charge in [0.25, 0.3) is 0 Å². The molecule has 1 aromatic rings. The number of hydrogen-bond acceptors (Lipinski definition) is 2. The quantitative estimate of drug-likeness (QED) is 0.898. The number of fused-ring (bicyclic) bond motifs is 1. The Balaban J connectivity index is 0.00000144. The molecule has 1 atom stereocenters. The van der Waals surface area contributed by atoms with Crippen LogP contribution in [0.25, 0.3) is 0 Å². The molecule has 0 saturated heterocycles. The van der Waals surface area contributed by atoms with E-state index in [9.17, 15) is 4.79 Å². The first-order valence-electron chi connectivity index (χ1n) is 6.06. The maximum absolute atomic E-state index is 12.2. The van der Waals surface area contributed by atoms with Crippen molar-refractivity contribution in [2.45, 2.75) is 33.1 Å². The minimum Gasteiger partial charge on any atom is -0.348 e. The summed E-state index contributed by atoms with van der Waals surface area (Å²) >= 11 is 0. The summed E-state index contributed by atoms with van der Waals surface area (Å²) in [4.78, 5) is 21.5. The van der Waals surface area contributed by atoms with E-state index in [0.717, 1.165) is 38.0 Å². The fourth-order valence-electron chi connectivity index (χ4n) is 2.40. The van der Waals surface area contributed by atoms with Crippen molar-refractivity contribution < 1.29 is 4.79 Å². The number of imidazole rings is 1. The molecule has 96 valence electrons. The molecule has 0 spiro atoms. The third-order valence-corrected chi connectivity index (χ3v) is 3.41. The summed E-state index contributed by atoms with van der Waals surface area (Å²) in [5, 5.41) is 0. The lowest BCUT2D eigenvalue weighted by atomic mass is 9.88. The zero-order valence-electron chi connectivity index (χ0n) is 10.4. The van der Waals surface area contributed by atoms with Gasteiger partial charge in [0.1, 0.15) is 0 Å². The molecule has 1 heterocycles. The predicted molar refractivity (Wildman–Crippen MR) is 69.3 cm³/mol. The van der Waals surface area contributed by atoms with E-state index in [1.165, 1.54) is 5.69 Å². The van der Waals surface area contributed by atoms with Gasteiger partial charge >= 0.3 is 0 Å². The SMILES string of the molecule is CCN(CC)C(=O)C1CCc2[nH]cnc2C1.Cl. The topological polar surface area (TPSA) is 49.0 Å². The number of aromatic amines is 1. The van der Waals surface area contributed by atoms with Gasteiger partial charge in [-0.15, -0.1) is 12.4 Å². The molecule has 17 heavy (non-hydrogen) atoms. The van der Waals surface area contributed by atoms with Gasteiger partial charge in [-0.05, 0) is 26.7 Å². The molecule has 2 rings (SSSR count). The van der Waals surface area contributed by atoms with Crippen LogP contribution in [0.15, 0.2) is 6.33 Å². The van der Waals surface area contributed by atoms with E-state index >= 15 is 0 Å². The van der Waals surface area contributed by atoms with Gasteiger partial charge in [0.05, 0.1) is 12.0 Å². The molecule has 1 unspecified atom stereocenters. The Hall–Kier alpha value is -1.03. The molecule has 1 aliphatic rings. The normalized spacial score (nSPS) is 18.1. The number of nitrogens with zero attached hydrogens (tertiary/aromatic N) is 2. The lowest BCUT2D eigenvalue weighted by Gasteiger charge is -2.27. The molecule has 4 nitrogen and oxygen atoms in total. The maximum atomic E-state index is 12.2. The molecule has 5 heteroatoms. The molecule has 1 aromatic heterocycles. The van der Waals surface area contributed by atoms with Crippen LogP contribution in [0.5, 0.6) is 0 Å². The van der Waals surface area contributed by atoms with E-state index in [1.807, 2.05) is 18.7 Å². The fraction of sp³-hybridized carbons (Fsp3) is 0.667. The lowest BCUT2D eigenvalue weighted by molar-refractivity contribution is -0.135. The van der Waals surface area contributed by atoms with Gasteiger partial charge in [-0.3, -0.25) is 4.79 Å². The smallest absolute Gasteiger partial charge is 0.226 e. The van der Waals surface area contributed by atoms with Crippen LogP contribution in [0.4, 0.5) is 0 Å². The largest absolute Gasteiger partial charge is 0.348 e. The minimum absolute atomic E-state index is 0. The monoisotopic (exact) mass is 257 g/mol. The number of H-pyrrole nitrogens is 1. The highest BCUT2D eigenvalue weighted by atomic mass is 35.5. The minimum atomic E-state index is 0. The van der Waals surface area contributed by atoms with E-state index in [2.05, 4.69) is 9.97 Å². The van der Waals surface area contributed by atoms with Crippen molar-refractivity contribution in [2.75, 3.05) is 13.1 Å². The summed E-state index contributed by atoms with van der Waals surface area (Å²) < 4.78 is 0. The van der Waals surface area contributed by atoms with Crippen LogP contribution in [-0.4, -0.2) is 33.9 Å². The van der Waals surface area contributed by atoms with Crippen LogP contribution >= 0.6 is 12.4 Å². The van der Waals surface area contributed by atoms with Crippen molar-refractivity contribution in [3.8, 4) is 0 Å². The van der Waals surface area contributed by atoms with Crippen molar-refractivity contribution in [1.82, 2.24) is 14.9 Å². The average molecular weight is 258 g/mol. The number of halogens is 1. The third kappa shape index (κ3) is 2.80. The van der Waals surface area contributed by atoms with Crippen LogP contribution in [0.1, 0.15) is 31.7 Å². The molecule has 1 aliphatic carbocycles. The van der Waals surface area contributed by atoms with Crippen LogP contribution in [0.2, 0.25) is 0 Å². The first-order valence-corrected chi connectivity index (χ1v) is 6.06. The van der Waals surface area contributed by atoms with Gasteiger partial charge < -0.3 is 9.88 Å². The van der Waals surface area contributed by atoms with Crippen molar-refractivity contribution >= 4 is 18.3 Å². The Morgan fingerprint density at radius 3 is 2.88 bits per heavy atom. The zero-order valence-corrected chi connectivity index (χ0v) is 11.2. The Morgan fingerprint density at radius 2 is 2.24 bits per heavy atom. The molecule has 0 saturated carbocycles. The molecule has 0 fully saturated rings. The van der Waals surface area contributed by atoms with Gasteiger partial charge in [-0.1, -0.05) is 0 Å². The summed E-state index contributed by atoms with van der Waals surface area (Å²) in [5.41, 5.74) is 2.29. The Bertz CT molecular complexity index is 374. The van der Waals surface area contributed by atoms with E-state index in [1.54, 1.807) is 6.33 Å². The summed E-state index contributed by atoms with van der Waals surface area (Å²) in [6, 6.07) is 0. The maximum Gasteiger partial charge on any atom is 0.226 e. The summed E-state index contributed by atoms with van der Waals surface area (Å²) in [6.45, 7) is 5.67. The second kappa shape index (κ2) is 6.05. The highest BCUT2D eigenvalue weighted by Gasteiger charge is 2.28. The number of rotatable bonds is 3. The van der Waals surface area contributed by atoms with Crippen molar-refractivity contribution in [1.29, 1.82) is 0 Å². The van der Waals surface area contributed by atoms with Gasteiger partial charge in [-0.25, -0.2) is 4.98 Å². The number of carbonyl (C=O) groups excluding carboxylic acids is 1. The zero-order chi connectivity index (χ0) is 11.5. The van der Waals surface area contributed by atoms with Crippen molar-refractivity contribution in [2.24, 2.45) is 5.92 Å². The van der Waals surface area contributed by atoms with E-state index in [-0.39, 0.29) is 18.3 Å². The number of amides is 1. The predicted octanol–water partition coefficient (Wildman–Crippen LogP) is 1.80. The van der Waals surface area contributed by atoms with Gasteiger partial charge in [0.15, 0.2) is 0 Å². The summed E-state index contributed by atoms with van der Waals surface area (Å²) in [7, 11) is 0. The van der Waals surface area contributed by atoms with Gasteiger partial charge in [0.2, 0.25) is 5.91 Å². The highest BCUT2D eigenvalue weighted by molar-refractivity contribution is 5.85. The Morgan fingerprint density at radius 1 is 1.53 bits per heavy atom. The van der Waals surface area contributed by atoms with Crippen molar-refractivity contribution in [3.05, 3.63) is 17.7 Å². The number of aromatic nitrogens is 2. The summed E-state index contributed by atoms with van der Waals surface area (Å²) in [6.07, 6.45) is 4.43.